The molecule has 0 saturated carbocycles. The number of halogens is 1. The number of hydrogen-bond donors (Lipinski definition) is 1. The third-order valence-electron chi connectivity index (χ3n) is 3.76. The molecule has 2 heterocycles. The first-order chi connectivity index (χ1) is 11.2. The van der Waals surface area contributed by atoms with Gasteiger partial charge < -0.3 is 19.5 Å². The highest BCUT2D eigenvalue weighted by molar-refractivity contribution is 5.74. The first-order valence-electron chi connectivity index (χ1n) is 7.56. The van der Waals surface area contributed by atoms with Crippen molar-refractivity contribution in [1.82, 2.24) is 19.8 Å². The molecule has 2 amide bonds. The van der Waals surface area contributed by atoms with Crippen molar-refractivity contribution in [3.8, 4) is 0 Å². The molecule has 0 unspecified atom stereocenters. The summed E-state index contributed by atoms with van der Waals surface area (Å²) in [5.41, 5.74) is 1.43. The predicted molar refractivity (Wildman–Crippen MR) is 82.4 cm³/mol. The molecule has 6 nitrogen and oxygen atoms in total. The van der Waals surface area contributed by atoms with Crippen LogP contribution in [0.25, 0.3) is 0 Å². The van der Waals surface area contributed by atoms with E-state index in [4.69, 9.17) is 4.74 Å². The largest absolute Gasteiger partial charge is 0.378 e. The zero-order valence-corrected chi connectivity index (χ0v) is 12.7. The Morgan fingerprint density at radius 1 is 1.35 bits per heavy atom. The Balaban J connectivity index is 1.60. The summed E-state index contributed by atoms with van der Waals surface area (Å²) in [4.78, 5) is 17.7. The van der Waals surface area contributed by atoms with E-state index in [0.29, 0.717) is 45.0 Å². The molecule has 122 valence electrons. The molecule has 1 aromatic heterocycles. The van der Waals surface area contributed by atoms with Gasteiger partial charge in [0.05, 0.1) is 26.1 Å². The van der Waals surface area contributed by atoms with Crippen LogP contribution in [0.1, 0.15) is 11.1 Å². The normalized spacial score (nSPS) is 14.7. The fraction of sp³-hybridized carbons (Fsp3) is 0.375. The number of aromatic nitrogens is 2. The molecule has 3 rings (SSSR count). The van der Waals surface area contributed by atoms with Gasteiger partial charge in [0.15, 0.2) is 0 Å². The molecule has 1 aromatic carbocycles. The molecule has 1 aliphatic rings. The quantitative estimate of drug-likeness (QED) is 0.932. The molecule has 1 N–H and O–H groups in total. The number of amides is 2. The van der Waals surface area contributed by atoms with Crippen LogP contribution in [0.3, 0.4) is 0 Å². The van der Waals surface area contributed by atoms with Crippen LogP contribution < -0.4 is 5.32 Å². The molecular weight excluding hydrogens is 299 g/mol. The number of carbonyl (C=O) groups is 1. The highest BCUT2D eigenvalue weighted by Crippen LogP contribution is 2.12. The van der Waals surface area contributed by atoms with E-state index in [1.165, 1.54) is 6.07 Å². The molecule has 0 radical (unpaired) electrons. The van der Waals surface area contributed by atoms with Gasteiger partial charge in [-0.3, -0.25) is 0 Å². The van der Waals surface area contributed by atoms with E-state index < -0.39 is 0 Å². The summed E-state index contributed by atoms with van der Waals surface area (Å²) in [5.74, 6) is -0.262. The van der Waals surface area contributed by atoms with Crippen molar-refractivity contribution in [3.63, 3.8) is 0 Å². The lowest BCUT2D eigenvalue weighted by atomic mass is 10.1. The summed E-state index contributed by atoms with van der Waals surface area (Å²) < 4.78 is 20.9. The number of morpholine rings is 1. The number of nitrogens with one attached hydrogen (secondary N) is 1. The Morgan fingerprint density at radius 2 is 2.17 bits per heavy atom. The zero-order chi connectivity index (χ0) is 16.1. The van der Waals surface area contributed by atoms with E-state index >= 15 is 0 Å². The number of imidazole rings is 1. The van der Waals surface area contributed by atoms with Gasteiger partial charge in [-0.15, -0.1) is 0 Å². The summed E-state index contributed by atoms with van der Waals surface area (Å²) in [6.45, 7) is 3.12. The highest BCUT2D eigenvalue weighted by atomic mass is 19.1. The van der Waals surface area contributed by atoms with E-state index in [1.54, 1.807) is 40.3 Å². The standard InChI is InChI=1S/C16H19FN4O2/c17-15-2-1-13(9-14(15)11-20-4-3-18-12-20)10-19-16(22)21-5-7-23-8-6-21/h1-4,9,12H,5-8,10-11H2,(H,19,22). The van der Waals surface area contributed by atoms with Crippen LogP contribution in [-0.4, -0.2) is 46.8 Å². The second-order valence-corrected chi connectivity index (χ2v) is 5.42. The van der Waals surface area contributed by atoms with E-state index in [-0.39, 0.29) is 11.8 Å². The van der Waals surface area contributed by atoms with E-state index in [2.05, 4.69) is 10.3 Å². The van der Waals surface area contributed by atoms with Crippen LogP contribution in [-0.2, 0) is 17.8 Å². The van der Waals surface area contributed by atoms with Crippen LogP contribution >= 0.6 is 0 Å². The summed E-state index contributed by atoms with van der Waals surface area (Å²) in [6.07, 6.45) is 5.09. The summed E-state index contributed by atoms with van der Waals surface area (Å²) >= 11 is 0. The van der Waals surface area contributed by atoms with E-state index in [0.717, 1.165) is 5.56 Å². The van der Waals surface area contributed by atoms with Crippen LogP contribution in [0.2, 0.25) is 0 Å². The molecule has 0 spiro atoms. The average Bonchev–Trinajstić information content (AvgIpc) is 3.09. The number of carbonyl (C=O) groups excluding carboxylic acids is 1. The Kier molecular flexibility index (Phi) is 4.87. The summed E-state index contributed by atoms with van der Waals surface area (Å²) in [5, 5.41) is 2.86. The lowest BCUT2D eigenvalue weighted by molar-refractivity contribution is 0.0531. The molecule has 2 aromatic rings. The SMILES string of the molecule is O=C(NCc1ccc(F)c(Cn2ccnc2)c1)N1CCOCC1. The van der Waals surface area contributed by atoms with Crippen molar-refractivity contribution < 1.29 is 13.9 Å². The molecule has 1 fully saturated rings. The molecule has 0 aliphatic carbocycles. The number of nitrogens with zero attached hydrogens (tertiary/aromatic N) is 3. The van der Waals surface area contributed by atoms with Crippen LogP contribution in [0.5, 0.6) is 0 Å². The lowest BCUT2D eigenvalue weighted by Gasteiger charge is -2.27. The first kappa shape index (κ1) is 15.5. The van der Waals surface area contributed by atoms with Crippen molar-refractivity contribution in [2.45, 2.75) is 13.1 Å². The monoisotopic (exact) mass is 318 g/mol. The van der Waals surface area contributed by atoms with Crippen LogP contribution in [0.15, 0.2) is 36.9 Å². The maximum atomic E-state index is 13.9. The molecule has 0 bridgehead atoms. The Hall–Kier alpha value is -2.41. The number of ether oxygens (including phenoxy) is 1. The number of benzene rings is 1. The number of urea groups is 1. The minimum atomic E-state index is -0.262. The summed E-state index contributed by atoms with van der Waals surface area (Å²) in [6, 6.07) is 4.78. The average molecular weight is 318 g/mol. The van der Waals surface area contributed by atoms with E-state index in [9.17, 15) is 9.18 Å². The van der Waals surface area contributed by atoms with Gasteiger partial charge in [0, 0.05) is 37.6 Å². The Bertz CT molecular complexity index is 654. The predicted octanol–water partition coefficient (Wildman–Crippen LogP) is 1.61. The summed E-state index contributed by atoms with van der Waals surface area (Å²) in [7, 11) is 0. The molecule has 7 heteroatoms. The van der Waals surface area contributed by atoms with Crippen LogP contribution in [0.4, 0.5) is 9.18 Å². The Morgan fingerprint density at radius 3 is 2.91 bits per heavy atom. The maximum Gasteiger partial charge on any atom is 0.317 e. The van der Waals surface area contributed by atoms with Crippen molar-refractivity contribution >= 4 is 6.03 Å². The van der Waals surface area contributed by atoms with Gasteiger partial charge in [-0.2, -0.15) is 0 Å². The fourth-order valence-electron chi connectivity index (χ4n) is 2.49. The van der Waals surface area contributed by atoms with Gasteiger partial charge in [0.1, 0.15) is 5.82 Å². The van der Waals surface area contributed by atoms with Gasteiger partial charge in [0.2, 0.25) is 0 Å². The van der Waals surface area contributed by atoms with Crippen molar-refractivity contribution in [1.29, 1.82) is 0 Å². The number of hydrogen-bond acceptors (Lipinski definition) is 3. The van der Waals surface area contributed by atoms with Gasteiger partial charge in [0.25, 0.3) is 0 Å². The number of rotatable bonds is 4. The van der Waals surface area contributed by atoms with Gasteiger partial charge in [-0.1, -0.05) is 6.07 Å². The van der Waals surface area contributed by atoms with E-state index in [1.807, 2.05) is 0 Å². The fourth-order valence-corrected chi connectivity index (χ4v) is 2.49. The molecule has 0 atom stereocenters. The molecule has 23 heavy (non-hydrogen) atoms. The van der Waals surface area contributed by atoms with Gasteiger partial charge in [-0.25, -0.2) is 14.2 Å². The van der Waals surface area contributed by atoms with Crippen molar-refractivity contribution in [2.75, 3.05) is 26.3 Å². The second-order valence-electron chi connectivity index (χ2n) is 5.42. The Labute approximate surface area is 133 Å². The van der Waals surface area contributed by atoms with Gasteiger partial charge in [-0.05, 0) is 17.7 Å². The zero-order valence-electron chi connectivity index (χ0n) is 12.7. The topological polar surface area (TPSA) is 59.4 Å². The minimum absolute atomic E-state index is 0.117. The smallest absolute Gasteiger partial charge is 0.317 e. The lowest BCUT2D eigenvalue weighted by Crippen LogP contribution is -2.45. The highest BCUT2D eigenvalue weighted by Gasteiger charge is 2.16. The first-order valence-corrected chi connectivity index (χ1v) is 7.56. The third-order valence-corrected chi connectivity index (χ3v) is 3.76. The molecule has 1 aliphatic heterocycles. The molecule has 1 saturated heterocycles. The van der Waals surface area contributed by atoms with Crippen molar-refractivity contribution in [2.24, 2.45) is 0 Å². The van der Waals surface area contributed by atoms with Gasteiger partial charge >= 0.3 is 6.03 Å². The van der Waals surface area contributed by atoms with Crippen LogP contribution in [0, 0.1) is 5.82 Å². The van der Waals surface area contributed by atoms with Crippen molar-refractivity contribution in [3.05, 3.63) is 53.9 Å². The second kappa shape index (κ2) is 7.23. The minimum Gasteiger partial charge on any atom is -0.378 e. The maximum absolute atomic E-state index is 13.9. The molecular formula is C16H19FN4O2. The third kappa shape index (κ3) is 4.07.